The maximum absolute atomic E-state index is 13.8. The maximum atomic E-state index is 13.8. The Hall–Kier alpha value is -3.38. The summed E-state index contributed by atoms with van der Waals surface area (Å²) in [4.78, 5) is 22.5. The van der Waals surface area contributed by atoms with Crippen molar-refractivity contribution in [1.82, 2.24) is 14.8 Å². The smallest absolute Gasteiger partial charge is 0.234 e. The number of aromatic nitrogens is 1. The van der Waals surface area contributed by atoms with Crippen molar-refractivity contribution in [3.63, 3.8) is 0 Å². The Labute approximate surface area is 206 Å². The number of ether oxygens (including phenoxy) is 2. The highest BCUT2D eigenvalue weighted by atomic mass is 16.5. The van der Waals surface area contributed by atoms with Crippen molar-refractivity contribution in [2.75, 3.05) is 26.2 Å². The second-order valence-electron chi connectivity index (χ2n) is 9.70. The molecule has 180 valence electrons. The average Bonchev–Trinajstić information content (AvgIpc) is 2.92. The molecular formula is C29H31N3O3. The summed E-state index contributed by atoms with van der Waals surface area (Å²) >= 11 is 0. The van der Waals surface area contributed by atoms with Crippen molar-refractivity contribution < 1.29 is 14.3 Å². The highest BCUT2D eigenvalue weighted by Crippen LogP contribution is 2.45. The highest BCUT2D eigenvalue weighted by Gasteiger charge is 2.37. The molecule has 3 aliphatic rings. The van der Waals surface area contributed by atoms with E-state index in [2.05, 4.69) is 14.8 Å². The first-order valence-electron chi connectivity index (χ1n) is 12.7. The standard InChI is InChI=1S/C29H31N3O3/c33-29(28-24-5-1-3-7-26(24)35-27-8-4-2-6-25(27)28)32-17-11-21(12-18-32)31-19-13-23(14-20-31)34-22-9-15-30-16-10-22/h1-10,15-16,21,23,28H,11-14,17-20H2. The molecular weight excluding hydrogens is 438 g/mol. The molecule has 0 bridgehead atoms. The Kier molecular flexibility index (Phi) is 6.13. The van der Waals surface area contributed by atoms with Crippen LogP contribution in [0.25, 0.3) is 0 Å². The SMILES string of the molecule is O=C(C1c2ccccc2Oc2ccccc21)N1CCC(N2CCC(Oc3ccncc3)CC2)CC1. The minimum Gasteiger partial charge on any atom is -0.490 e. The van der Waals surface area contributed by atoms with Gasteiger partial charge in [0.25, 0.3) is 0 Å². The number of benzene rings is 2. The molecule has 3 aromatic rings. The van der Waals surface area contributed by atoms with Crippen molar-refractivity contribution in [3.8, 4) is 17.2 Å². The summed E-state index contributed by atoms with van der Waals surface area (Å²) in [6.07, 6.45) is 7.94. The molecule has 0 N–H and O–H groups in total. The van der Waals surface area contributed by atoms with Gasteiger partial charge in [-0.05, 0) is 49.9 Å². The molecule has 0 saturated carbocycles. The summed E-state index contributed by atoms with van der Waals surface area (Å²) in [5, 5.41) is 0. The number of nitrogens with zero attached hydrogens (tertiary/aromatic N) is 3. The molecule has 1 amide bonds. The van der Waals surface area contributed by atoms with Gasteiger partial charge in [0.1, 0.15) is 23.4 Å². The Morgan fingerprint density at radius 2 is 1.40 bits per heavy atom. The molecule has 2 aromatic carbocycles. The summed E-state index contributed by atoms with van der Waals surface area (Å²) < 4.78 is 12.2. The third-order valence-corrected chi connectivity index (χ3v) is 7.65. The molecule has 0 atom stereocenters. The molecule has 0 radical (unpaired) electrons. The van der Waals surface area contributed by atoms with Crippen molar-refractivity contribution in [1.29, 1.82) is 0 Å². The number of carbonyl (C=O) groups is 1. The second-order valence-corrected chi connectivity index (χ2v) is 9.70. The van der Waals surface area contributed by atoms with E-state index >= 15 is 0 Å². The normalized spacial score (nSPS) is 19.5. The van der Waals surface area contributed by atoms with Gasteiger partial charge in [-0.25, -0.2) is 0 Å². The topological polar surface area (TPSA) is 54.9 Å². The number of para-hydroxylation sites is 2. The number of likely N-dealkylation sites (tertiary alicyclic amines) is 2. The van der Waals surface area contributed by atoms with E-state index in [1.165, 1.54) is 0 Å². The fourth-order valence-electron chi connectivity index (χ4n) is 5.78. The number of piperidine rings is 2. The summed E-state index contributed by atoms with van der Waals surface area (Å²) in [6, 6.07) is 20.3. The molecule has 2 fully saturated rings. The zero-order valence-electron chi connectivity index (χ0n) is 19.9. The molecule has 6 rings (SSSR count). The number of amides is 1. The lowest BCUT2D eigenvalue weighted by Crippen LogP contribution is -2.50. The van der Waals surface area contributed by atoms with Crippen LogP contribution in [0.4, 0.5) is 0 Å². The molecule has 3 aliphatic heterocycles. The van der Waals surface area contributed by atoms with Crippen LogP contribution in [0.1, 0.15) is 42.7 Å². The summed E-state index contributed by atoms with van der Waals surface area (Å²) in [6.45, 7) is 3.71. The van der Waals surface area contributed by atoms with Crippen LogP contribution in [-0.4, -0.2) is 59.0 Å². The van der Waals surface area contributed by atoms with E-state index in [0.29, 0.717) is 6.04 Å². The quantitative estimate of drug-likeness (QED) is 0.547. The van der Waals surface area contributed by atoms with Gasteiger partial charge in [0.05, 0.1) is 5.92 Å². The lowest BCUT2D eigenvalue weighted by molar-refractivity contribution is -0.133. The maximum Gasteiger partial charge on any atom is 0.234 e. The van der Waals surface area contributed by atoms with Crippen molar-refractivity contribution in [2.45, 2.75) is 43.7 Å². The zero-order valence-corrected chi connectivity index (χ0v) is 19.9. The van der Waals surface area contributed by atoms with Gasteiger partial charge in [-0.15, -0.1) is 0 Å². The van der Waals surface area contributed by atoms with Crippen molar-refractivity contribution >= 4 is 5.91 Å². The Morgan fingerprint density at radius 1 is 0.800 bits per heavy atom. The van der Waals surface area contributed by atoms with Gasteiger partial charge in [-0.1, -0.05) is 36.4 Å². The van der Waals surface area contributed by atoms with Crippen LogP contribution in [0.5, 0.6) is 17.2 Å². The van der Waals surface area contributed by atoms with E-state index in [0.717, 1.165) is 80.2 Å². The number of hydrogen-bond donors (Lipinski definition) is 0. The second kappa shape index (κ2) is 9.70. The lowest BCUT2D eigenvalue weighted by atomic mass is 9.86. The van der Waals surface area contributed by atoms with E-state index in [4.69, 9.17) is 9.47 Å². The fraction of sp³-hybridized carbons (Fsp3) is 0.379. The predicted molar refractivity (Wildman–Crippen MR) is 134 cm³/mol. The van der Waals surface area contributed by atoms with Gasteiger partial charge in [-0.2, -0.15) is 0 Å². The lowest BCUT2D eigenvalue weighted by Gasteiger charge is -2.42. The summed E-state index contributed by atoms with van der Waals surface area (Å²) in [5.74, 6) is 2.37. The number of carbonyl (C=O) groups excluding carboxylic acids is 1. The molecule has 1 aromatic heterocycles. The largest absolute Gasteiger partial charge is 0.490 e. The van der Waals surface area contributed by atoms with Crippen molar-refractivity contribution in [2.24, 2.45) is 0 Å². The van der Waals surface area contributed by atoms with Gasteiger partial charge in [0.2, 0.25) is 5.91 Å². The molecule has 0 aliphatic carbocycles. The predicted octanol–water partition coefficient (Wildman–Crippen LogP) is 4.85. The van der Waals surface area contributed by atoms with Gasteiger partial charge in [-0.3, -0.25) is 14.7 Å². The van der Waals surface area contributed by atoms with Crippen molar-refractivity contribution in [3.05, 3.63) is 84.2 Å². The zero-order chi connectivity index (χ0) is 23.6. The molecule has 4 heterocycles. The van der Waals surface area contributed by atoms with Crippen LogP contribution >= 0.6 is 0 Å². The fourth-order valence-corrected chi connectivity index (χ4v) is 5.78. The summed E-state index contributed by atoms with van der Waals surface area (Å²) in [5.41, 5.74) is 1.93. The van der Waals surface area contributed by atoms with Gasteiger partial charge in [0.15, 0.2) is 0 Å². The minimum atomic E-state index is -0.297. The van der Waals surface area contributed by atoms with Gasteiger partial charge < -0.3 is 14.4 Å². The van der Waals surface area contributed by atoms with Crippen LogP contribution in [0, 0.1) is 0 Å². The average molecular weight is 470 g/mol. The van der Waals surface area contributed by atoms with Crippen LogP contribution in [0.3, 0.4) is 0 Å². The number of pyridine rings is 1. The Balaban J connectivity index is 1.07. The van der Waals surface area contributed by atoms with E-state index in [1.54, 1.807) is 12.4 Å². The minimum absolute atomic E-state index is 0.191. The Morgan fingerprint density at radius 3 is 2.03 bits per heavy atom. The first-order valence-corrected chi connectivity index (χ1v) is 12.7. The first kappa shape index (κ1) is 22.1. The summed E-state index contributed by atoms with van der Waals surface area (Å²) in [7, 11) is 0. The van der Waals surface area contributed by atoms with E-state index in [1.807, 2.05) is 60.7 Å². The molecule has 0 spiro atoms. The number of fused-ring (bicyclic) bond motifs is 2. The van der Waals surface area contributed by atoms with Gasteiger partial charge in [0, 0.05) is 55.7 Å². The molecule has 2 saturated heterocycles. The van der Waals surface area contributed by atoms with E-state index in [9.17, 15) is 4.79 Å². The van der Waals surface area contributed by atoms with E-state index in [-0.39, 0.29) is 17.9 Å². The van der Waals surface area contributed by atoms with Crippen LogP contribution < -0.4 is 9.47 Å². The molecule has 0 unspecified atom stereocenters. The third-order valence-electron chi connectivity index (χ3n) is 7.65. The van der Waals surface area contributed by atoms with E-state index < -0.39 is 0 Å². The Bertz CT molecular complexity index is 1120. The van der Waals surface area contributed by atoms with Gasteiger partial charge >= 0.3 is 0 Å². The molecule has 35 heavy (non-hydrogen) atoms. The van der Waals surface area contributed by atoms with Crippen LogP contribution in [-0.2, 0) is 4.79 Å². The monoisotopic (exact) mass is 469 g/mol. The number of hydrogen-bond acceptors (Lipinski definition) is 5. The third kappa shape index (κ3) is 4.50. The highest BCUT2D eigenvalue weighted by molar-refractivity contribution is 5.89. The molecule has 6 heteroatoms. The number of rotatable bonds is 4. The van der Waals surface area contributed by atoms with Crippen LogP contribution in [0.2, 0.25) is 0 Å². The molecule has 6 nitrogen and oxygen atoms in total. The van der Waals surface area contributed by atoms with Crippen LogP contribution in [0.15, 0.2) is 73.1 Å². The first-order chi connectivity index (χ1) is 17.3.